The molecule has 6 heteroatoms. The second-order valence-corrected chi connectivity index (χ2v) is 1.31. The van der Waals surface area contributed by atoms with Crippen LogP contribution in [0.5, 0.6) is 0 Å². The molecule has 1 heterocycles. The summed E-state index contributed by atoms with van der Waals surface area (Å²) < 4.78 is 34.4. The standard InChI is InChI=1S/C3H2F3NO2/c4-3(5,6)2-1-8-9-7-2/h1,7H. The average Bonchev–Trinajstić information content (AvgIpc) is 2.08. The van der Waals surface area contributed by atoms with Crippen LogP contribution in [0.3, 0.4) is 0 Å². The molecule has 1 rings (SSSR count). The lowest BCUT2D eigenvalue weighted by atomic mass is 10.5. The molecule has 0 atom stereocenters. The molecular formula is C3H2F3NO2. The molecule has 1 aliphatic rings. The van der Waals surface area contributed by atoms with Gasteiger partial charge in [-0.25, -0.2) is 5.48 Å². The van der Waals surface area contributed by atoms with Crippen LogP contribution >= 0.6 is 0 Å². The van der Waals surface area contributed by atoms with Crippen molar-refractivity contribution in [3.8, 4) is 0 Å². The van der Waals surface area contributed by atoms with E-state index in [9.17, 15) is 13.2 Å². The maximum Gasteiger partial charge on any atom is 0.436 e. The summed E-state index contributed by atoms with van der Waals surface area (Å²) in [6.45, 7) is 0. The van der Waals surface area contributed by atoms with Gasteiger partial charge in [-0.15, -0.1) is 0 Å². The lowest BCUT2D eigenvalue weighted by molar-refractivity contribution is -0.269. The van der Waals surface area contributed by atoms with E-state index in [1.807, 2.05) is 0 Å². The summed E-state index contributed by atoms with van der Waals surface area (Å²) in [5, 5.41) is 0. The Kier molecular flexibility index (Phi) is 1.24. The highest BCUT2D eigenvalue weighted by Gasteiger charge is 2.37. The Morgan fingerprint density at radius 3 is 2.33 bits per heavy atom. The normalized spacial score (nSPS) is 18.3. The van der Waals surface area contributed by atoms with Gasteiger partial charge < -0.3 is 4.89 Å². The summed E-state index contributed by atoms with van der Waals surface area (Å²) in [7, 11) is 0. The molecule has 1 N–H and O–H groups in total. The smallest absolute Gasteiger partial charge is 0.320 e. The van der Waals surface area contributed by atoms with Crippen LogP contribution in [0.1, 0.15) is 0 Å². The molecule has 0 aromatic rings. The molecule has 0 aliphatic carbocycles. The van der Waals surface area contributed by atoms with Crippen molar-refractivity contribution >= 4 is 0 Å². The topological polar surface area (TPSA) is 30.5 Å². The van der Waals surface area contributed by atoms with Crippen LogP contribution in [-0.4, -0.2) is 6.18 Å². The van der Waals surface area contributed by atoms with Crippen LogP contribution in [0.25, 0.3) is 0 Å². The van der Waals surface area contributed by atoms with Gasteiger partial charge >= 0.3 is 6.18 Å². The maximum atomic E-state index is 11.5. The zero-order chi connectivity index (χ0) is 6.91. The Morgan fingerprint density at radius 2 is 2.11 bits per heavy atom. The van der Waals surface area contributed by atoms with Crippen molar-refractivity contribution in [3.63, 3.8) is 0 Å². The van der Waals surface area contributed by atoms with Crippen molar-refractivity contribution in [3.05, 3.63) is 12.0 Å². The highest BCUT2D eigenvalue weighted by Crippen LogP contribution is 2.25. The van der Waals surface area contributed by atoms with Gasteiger partial charge in [-0.3, -0.25) is 0 Å². The van der Waals surface area contributed by atoms with Crippen LogP contribution in [0.2, 0.25) is 0 Å². The molecule has 1 aliphatic heterocycles. The lowest BCUT2D eigenvalue weighted by Gasteiger charge is -2.02. The quantitative estimate of drug-likeness (QED) is 0.507. The van der Waals surface area contributed by atoms with Gasteiger partial charge in [-0.2, -0.15) is 13.2 Å². The second kappa shape index (κ2) is 1.80. The highest BCUT2D eigenvalue weighted by molar-refractivity contribution is 5.01. The van der Waals surface area contributed by atoms with Crippen molar-refractivity contribution in [1.29, 1.82) is 0 Å². The first-order valence-corrected chi connectivity index (χ1v) is 1.96. The molecule has 0 saturated heterocycles. The van der Waals surface area contributed by atoms with E-state index in [-0.39, 0.29) is 0 Å². The number of hydrogen-bond donors (Lipinski definition) is 1. The van der Waals surface area contributed by atoms with E-state index in [2.05, 4.69) is 9.88 Å². The van der Waals surface area contributed by atoms with Crippen molar-refractivity contribution in [2.24, 2.45) is 0 Å². The van der Waals surface area contributed by atoms with Crippen molar-refractivity contribution in [2.45, 2.75) is 6.18 Å². The number of allylic oxidation sites excluding steroid dienone is 1. The minimum Gasteiger partial charge on any atom is -0.320 e. The average molecular weight is 141 g/mol. The number of halogens is 3. The fourth-order valence-electron chi connectivity index (χ4n) is 0.290. The third-order valence-electron chi connectivity index (χ3n) is 0.671. The Hall–Kier alpha value is -0.910. The first-order valence-electron chi connectivity index (χ1n) is 1.96. The van der Waals surface area contributed by atoms with E-state index in [0.717, 1.165) is 0 Å². The van der Waals surface area contributed by atoms with E-state index in [1.165, 1.54) is 5.48 Å². The van der Waals surface area contributed by atoms with Crippen LogP contribution in [0, 0.1) is 0 Å². The Labute approximate surface area is 47.9 Å². The summed E-state index contributed by atoms with van der Waals surface area (Å²) in [5.74, 6) is 0. The maximum absolute atomic E-state index is 11.5. The first-order chi connectivity index (χ1) is 4.11. The monoisotopic (exact) mass is 141 g/mol. The fourth-order valence-corrected chi connectivity index (χ4v) is 0.290. The number of hydrogen-bond acceptors (Lipinski definition) is 3. The molecule has 0 aromatic heterocycles. The zero-order valence-corrected chi connectivity index (χ0v) is 4.03. The van der Waals surface area contributed by atoms with E-state index in [0.29, 0.717) is 6.26 Å². The predicted molar refractivity (Wildman–Crippen MR) is 19.4 cm³/mol. The van der Waals surface area contributed by atoms with E-state index < -0.39 is 11.9 Å². The molecule has 52 valence electrons. The van der Waals surface area contributed by atoms with Gasteiger partial charge in [0.25, 0.3) is 0 Å². The molecule has 0 fully saturated rings. The van der Waals surface area contributed by atoms with E-state index in [4.69, 9.17) is 0 Å². The molecule has 9 heavy (non-hydrogen) atoms. The van der Waals surface area contributed by atoms with Crippen LogP contribution in [0.15, 0.2) is 12.0 Å². The van der Waals surface area contributed by atoms with E-state index >= 15 is 0 Å². The fraction of sp³-hybridized carbons (Fsp3) is 0.333. The molecule has 0 bridgehead atoms. The summed E-state index contributed by atoms with van der Waals surface area (Å²) in [4.78, 5) is 7.51. The SMILES string of the molecule is FC(F)(F)C1=COON1. The second-order valence-electron chi connectivity index (χ2n) is 1.31. The molecule has 0 amide bonds. The Morgan fingerprint density at radius 1 is 1.44 bits per heavy atom. The molecule has 0 saturated carbocycles. The molecule has 0 unspecified atom stereocenters. The number of hydroxylamine groups is 1. The summed E-state index contributed by atoms with van der Waals surface area (Å²) >= 11 is 0. The van der Waals surface area contributed by atoms with Gasteiger partial charge in [0.2, 0.25) is 0 Å². The first kappa shape index (κ1) is 6.21. The summed E-state index contributed by atoms with van der Waals surface area (Å²) in [6.07, 6.45) is -3.98. The predicted octanol–water partition coefficient (Wildman–Crippen LogP) is 0.856. The van der Waals surface area contributed by atoms with Gasteiger partial charge in [0, 0.05) is 0 Å². The minimum atomic E-state index is -4.42. The number of rotatable bonds is 0. The van der Waals surface area contributed by atoms with Crippen molar-refractivity contribution in [1.82, 2.24) is 5.48 Å². The van der Waals surface area contributed by atoms with Gasteiger partial charge in [-0.05, 0) is 0 Å². The highest BCUT2D eigenvalue weighted by atomic mass is 19.4. The Bertz CT molecular complexity index is 140. The number of alkyl halides is 3. The van der Waals surface area contributed by atoms with Crippen LogP contribution in [-0.2, 0) is 9.88 Å². The van der Waals surface area contributed by atoms with Gasteiger partial charge in [0.15, 0.2) is 12.0 Å². The van der Waals surface area contributed by atoms with E-state index in [1.54, 1.807) is 0 Å². The summed E-state index contributed by atoms with van der Waals surface area (Å²) in [6, 6.07) is 0. The van der Waals surface area contributed by atoms with Gasteiger partial charge in [0.1, 0.15) is 0 Å². The van der Waals surface area contributed by atoms with Crippen molar-refractivity contribution < 1.29 is 23.0 Å². The lowest BCUT2D eigenvalue weighted by Crippen LogP contribution is -2.21. The largest absolute Gasteiger partial charge is 0.436 e. The minimum absolute atomic E-state index is 0.444. The molecule has 3 nitrogen and oxygen atoms in total. The molecular weight excluding hydrogens is 139 g/mol. The third kappa shape index (κ3) is 1.26. The van der Waals surface area contributed by atoms with Crippen LogP contribution in [0.4, 0.5) is 13.2 Å². The molecule has 0 aromatic carbocycles. The molecule has 0 spiro atoms. The van der Waals surface area contributed by atoms with Crippen LogP contribution < -0.4 is 5.48 Å². The van der Waals surface area contributed by atoms with Gasteiger partial charge in [0.05, 0.1) is 0 Å². The van der Waals surface area contributed by atoms with Crippen molar-refractivity contribution in [2.75, 3.05) is 0 Å². The third-order valence-corrected chi connectivity index (χ3v) is 0.671. The van der Waals surface area contributed by atoms with Gasteiger partial charge in [-0.1, -0.05) is 4.99 Å². The zero-order valence-electron chi connectivity index (χ0n) is 4.03. The molecule has 0 radical (unpaired) electrons. The summed E-state index contributed by atoms with van der Waals surface area (Å²) in [5.41, 5.74) is 0.471. The number of nitrogens with one attached hydrogen (secondary N) is 1. The Balaban J connectivity index is 2.61.